The summed E-state index contributed by atoms with van der Waals surface area (Å²) in [6.07, 6.45) is 4.89. The fourth-order valence-electron chi connectivity index (χ4n) is 1.63. The maximum atomic E-state index is 12.0. The average Bonchev–Trinajstić information content (AvgIpc) is 2.81. The molecule has 2 aromatic rings. The third-order valence-corrected chi connectivity index (χ3v) is 2.68. The van der Waals surface area contributed by atoms with Crippen LogP contribution in [0.4, 0.5) is 5.69 Å². The topological polar surface area (TPSA) is 96.7 Å². The van der Waals surface area contributed by atoms with Crippen molar-refractivity contribution >= 4 is 11.6 Å². The second-order valence-electron chi connectivity index (χ2n) is 4.14. The Kier molecular flexibility index (Phi) is 3.27. The number of H-pyrrole nitrogens is 1. The number of nitrogens with zero attached hydrogens (tertiary/aromatic N) is 2. The van der Waals surface area contributed by atoms with Gasteiger partial charge >= 0.3 is 0 Å². The molecule has 4 N–H and O–H groups in total. The molecule has 18 heavy (non-hydrogen) atoms. The van der Waals surface area contributed by atoms with Crippen LogP contribution in [0.15, 0.2) is 24.7 Å². The first-order valence-electron chi connectivity index (χ1n) is 5.59. The van der Waals surface area contributed by atoms with Crippen molar-refractivity contribution in [1.29, 1.82) is 0 Å². The van der Waals surface area contributed by atoms with Crippen LogP contribution in [0, 0.1) is 6.92 Å². The smallest absolute Gasteiger partial charge is 0.255 e. The summed E-state index contributed by atoms with van der Waals surface area (Å²) in [5, 5.41) is 9.38. The number of rotatable bonds is 3. The van der Waals surface area contributed by atoms with Crippen molar-refractivity contribution in [2.24, 2.45) is 0 Å². The monoisotopic (exact) mass is 245 g/mol. The predicted molar refractivity (Wildman–Crippen MR) is 67.9 cm³/mol. The van der Waals surface area contributed by atoms with Gasteiger partial charge in [0, 0.05) is 29.3 Å². The summed E-state index contributed by atoms with van der Waals surface area (Å²) < 4.78 is 0. The number of aromatic amines is 1. The van der Waals surface area contributed by atoms with Gasteiger partial charge in [-0.15, -0.1) is 0 Å². The van der Waals surface area contributed by atoms with Gasteiger partial charge in [-0.3, -0.25) is 14.9 Å². The molecule has 0 radical (unpaired) electrons. The Bertz CT molecular complexity index is 550. The van der Waals surface area contributed by atoms with Gasteiger partial charge in [0.05, 0.1) is 17.8 Å². The maximum Gasteiger partial charge on any atom is 0.255 e. The molecule has 0 saturated heterocycles. The Labute approximate surface area is 105 Å². The molecule has 1 unspecified atom stereocenters. The van der Waals surface area contributed by atoms with Gasteiger partial charge < -0.3 is 11.1 Å². The number of nitrogen functional groups attached to an aromatic ring is 1. The molecule has 0 aliphatic rings. The Balaban J connectivity index is 2.12. The minimum absolute atomic E-state index is 0.142. The highest BCUT2D eigenvalue weighted by Crippen LogP contribution is 2.14. The molecule has 0 aliphatic heterocycles. The standard InChI is InChI=1S/C12H15N5O/c1-7-3-11(13)10(6-14-7)12(18)17-8(2)9-4-15-16-5-9/h3-6,8H,1-2H3,(H2,13,14)(H,15,16)(H,17,18). The lowest BCUT2D eigenvalue weighted by atomic mass is 10.1. The molecule has 0 aliphatic carbocycles. The van der Waals surface area contributed by atoms with Gasteiger partial charge in [-0.2, -0.15) is 5.10 Å². The number of amides is 1. The van der Waals surface area contributed by atoms with E-state index in [2.05, 4.69) is 20.5 Å². The minimum Gasteiger partial charge on any atom is -0.398 e. The van der Waals surface area contributed by atoms with Crippen molar-refractivity contribution < 1.29 is 4.79 Å². The number of anilines is 1. The quantitative estimate of drug-likeness (QED) is 0.756. The minimum atomic E-state index is -0.242. The van der Waals surface area contributed by atoms with Crippen LogP contribution in [0.3, 0.4) is 0 Å². The molecule has 94 valence electrons. The Morgan fingerprint density at radius 3 is 2.89 bits per heavy atom. The molecular formula is C12H15N5O. The van der Waals surface area contributed by atoms with Crippen LogP contribution in [0.1, 0.15) is 34.6 Å². The summed E-state index contributed by atoms with van der Waals surface area (Å²) in [6, 6.07) is 1.54. The van der Waals surface area contributed by atoms with E-state index in [0.717, 1.165) is 11.3 Å². The van der Waals surface area contributed by atoms with Crippen LogP contribution in [0.5, 0.6) is 0 Å². The van der Waals surface area contributed by atoms with E-state index < -0.39 is 0 Å². The van der Waals surface area contributed by atoms with Crippen LogP contribution in [-0.2, 0) is 0 Å². The van der Waals surface area contributed by atoms with Crippen molar-refractivity contribution in [3.63, 3.8) is 0 Å². The molecule has 0 aromatic carbocycles. The molecule has 1 atom stereocenters. The van der Waals surface area contributed by atoms with E-state index in [9.17, 15) is 4.79 Å². The number of nitrogens with two attached hydrogens (primary N) is 1. The van der Waals surface area contributed by atoms with Crippen LogP contribution in [0.2, 0.25) is 0 Å². The van der Waals surface area contributed by atoms with Crippen LogP contribution in [0.25, 0.3) is 0 Å². The summed E-state index contributed by atoms with van der Waals surface area (Å²) in [5.41, 5.74) is 8.30. The molecular weight excluding hydrogens is 230 g/mol. The first-order valence-corrected chi connectivity index (χ1v) is 5.59. The molecule has 0 spiro atoms. The lowest BCUT2D eigenvalue weighted by molar-refractivity contribution is 0.0940. The number of hydrogen-bond donors (Lipinski definition) is 3. The second-order valence-corrected chi connectivity index (χ2v) is 4.14. The molecule has 2 heterocycles. The van der Waals surface area contributed by atoms with E-state index in [1.165, 1.54) is 6.20 Å². The van der Waals surface area contributed by atoms with Crippen LogP contribution >= 0.6 is 0 Å². The highest BCUT2D eigenvalue weighted by molar-refractivity contribution is 5.99. The van der Waals surface area contributed by atoms with Gasteiger partial charge in [-0.05, 0) is 19.9 Å². The van der Waals surface area contributed by atoms with E-state index in [-0.39, 0.29) is 11.9 Å². The van der Waals surface area contributed by atoms with E-state index >= 15 is 0 Å². The number of hydrogen-bond acceptors (Lipinski definition) is 4. The van der Waals surface area contributed by atoms with Crippen LogP contribution < -0.4 is 11.1 Å². The van der Waals surface area contributed by atoms with E-state index in [1.54, 1.807) is 18.5 Å². The molecule has 0 saturated carbocycles. The molecule has 6 heteroatoms. The van der Waals surface area contributed by atoms with Crippen molar-refractivity contribution in [1.82, 2.24) is 20.5 Å². The number of aromatic nitrogens is 3. The van der Waals surface area contributed by atoms with E-state index in [1.807, 2.05) is 13.8 Å². The van der Waals surface area contributed by atoms with Gasteiger partial charge in [0.25, 0.3) is 5.91 Å². The third-order valence-electron chi connectivity index (χ3n) is 2.68. The first kappa shape index (κ1) is 12.1. The Morgan fingerprint density at radius 2 is 2.28 bits per heavy atom. The molecule has 6 nitrogen and oxygen atoms in total. The fraction of sp³-hybridized carbons (Fsp3) is 0.250. The first-order chi connectivity index (χ1) is 8.58. The fourth-order valence-corrected chi connectivity index (χ4v) is 1.63. The highest BCUT2D eigenvalue weighted by Gasteiger charge is 2.14. The number of carbonyl (C=O) groups is 1. The zero-order valence-electron chi connectivity index (χ0n) is 10.3. The Morgan fingerprint density at radius 1 is 1.50 bits per heavy atom. The number of aryl methyl sites for hydroxylation is 1. The van der Waals surface area contributed by atoms with Gasteiger partial charge in [-0.25, -0.2) is 0 Å². The molecule has 2 aromatic heterocycles. The Hall–Kier alpha value is -2.37. The summed E-state index contributed by atoms with van der Waals surface area (Å²) in [6.45, 7) is 3.70. The van der Waals surface area contributed by atoms with Crippen molar-refractivity contribution in [2.75, 3.05) is 5.73 Å². The molecule has 1 amide bonds. The summed E-state index contributed by atoms with van der Waals surface area (Å²) in [7, 11) is 0. The van der Waals surface area contributed by atoms with Gasteiger partial charge in [0.2, 0.25) is 0 Å². The number of nitrogens with one attached hydrogen (secondary N) is 2. The van der Waals surface area contributed by atoms with Crippen molar-refractivity contribution in [3.05, 3.63) is 41.5 Å². The largest absolute Gasteiger partial charge is 0.398 e. The lowest BCUT2D eigenvalue weighted by Crippen LogP contribution is -2.27. The molecule has 0 fully saturated rings. The SMILES string of the molecule is Cc1cc(N)c(C(=O)NC(C)c2cn[nH]c2)cn1. The zero-order chi connectivity index (χ0) is 13.1. The van der Waals surface area contributed by atoms with E-state index in [4.69, 9.17) is 5.73 Å². The summed E-state index contributed by atoms with van der Waals surface area (Å²) in [5.74, 6) is -0.242. The normalized spacial score (nSPS) is 12.1. The average molecular weight is 245 g/mol. The predicted octanol–water partition coefficient (Wildman–Crippen LogP) is 1.19. The van der Waals surface area contributed by atoms with Gasteiger partial charge in [-0.1, -0.05) is 0 Å². The second kappa shape index (κ2) is 4.87. The maximum absolute atomic E-state index is 12.0. The summed E-state index contributed by atoms with van der Waals surface area (Å²) >= 11 is 0. The third kappa shape index (κ3) is 2.48. The van der Waals surface area contributed by atoms with Crippen molar-refractivity contribution in [3.8, 4) is 0 Å². The number of carbonyl (C=O) groups excluding carboxylic acids is 1. The molecule has 0 bridgehead atoms. The molecule has 2 rings (SSSR count). The van der Waals surface area contributed by atoms with E-state index in [0.29, 0.717) is 11.3 Å². The lowest BCUT2D eigenvalue weighted by Gasteiger charge is -2.13. The van der Waals surface area contributed by atoms with Crippen LogP contribution in [-0.4, -0.2) is 21.1 Å². The number of pyridine rings is 1. The van der Waals surface area contributed by atoms with Crippen molar-refractivity contribution in [2.45, 2.75) is 19.9 Å². The highest BCUT2D eigenvalue weighted by atomic mass is 16.1. The summed E-state index contributed by atoms with van der Waals surface area (Å²) in [4.78, 5) is 16.1. The van der Waals surface area contributed by atoms with Gasteiger partial charge in [0.15, 0.2) is 0 Å². The zero-order valence-corrected chi connectivity index (χ0v) is 10.3. The van der Waals surface area contributed by atoms with Gasteiger partial charge in [0.1, 0.15) is 0 Å².